The Kier molecular flexibility index (Phi) is 3.98. The molecule has 6 nitrogen and oxygen atoms in total. The smallest absolute Gasteiger partial charge is 0.260 e. The standard InChI is InChI=1S/C12H22N4O2S/c1-10-14-8-11(15-10)19(17,18)16(2)12(9-13)6-4-3-5-7-12/h8H,3-7,9,13H2,1-2H3,(H,14,15). The third kappa shape index (κ3) is 2.54. The van der Waals surface area contributed by atoms with Crippen LogP contribution in [-0.4, -0.2) is 41.8 Å². The van der Waals surface area contributed by atoms with Crippen LogP contribution in [0.2, 0.25) is 0 Å². The van der Waals surface area contributed by atoms with Crippen molar-refractivity contribution in [2.45, 2.75) is 49.6 Å². The van der Waals surface area contributed by atoms with Gasteiger partial charge in [0.15, 0.2) is 5.03 Å². The number of aromatic amines is 1. The third-order valence-corrected chi connectivity index (χ3v) is 6.02. The fourth-order valence-corrected chi connectivity index (χ4v) is 4.31. The first-order valence-corrected chi connectivity index (χ1v) is 8.07. The highest BCUT2D eigenvalue weighted by Gasteiger charge is 2.41. The molecule has 0 saturated heterocycles. The third-order valence-electron chi connectivity index (χ3n) is 4.15. The molecule has 1 aromatic rings. The number of nitrogens with one attached hydrogen (secondary N) is 1. The molecule has 0 aliphatic heterocycles. The van der Waals surface area contributed by atoms with Crippen LogP contribution in [-0.2, 0) is 10.0 Å². The largest absolute Gasteiger partial charge is 0.332 e. The molecule has 3 N–H and O–H groups in total. The van der Waals surface area contributed by atoms with Crippen LogP contribution in [0.15, 0.2) is 11.2 Å². The molecule has 0 radical (unpaired) electrons. The fourth-order valence-electron chi connectivity index (χ4n) is 2.79. The predicted molar refractivity (Wildman–Crippen MR) is 73.1 cm³/mol. The highest BCUT2D eigenvalue weighted by Crippen LogP contribution is 2.35. The van der Waals surface area contributed by atoms with Gasteiger partial charge in [-0.1, -0.05) is 19.3 Å². The summed E-state index contributed by atoms with van der Waals surface area (Å²) < 4.78 is 26.7. The van der Waals surface area contributed by atoms with Crippen LogP contribution < -0.4 is 5.73 Å². The van der Waals surface area contributed by atoms with E-state index in [2.05, 4.69) is 9.97 Å². The second-order valence-electron chi connectivity index (χ2n) is 5.29. The average Bonchev–Trinajstić information content (AvgIpc) is 2.86. The minimum absolute atomic E-state index is 0.144. The predicted octanol–water partition coefficient (Wildman–Crippen LogP) is 1.00. The number of aryl methyl sites for hydroxylation is 1. The maximum atomic E-state index is 12.6. The fraction of sp³-hybridized carbons (Fsp3) is 0.750. The van der Waals surface area contributed by atoms with Gasteiger partial charge in [0, 0.05) is 19.1 Å². The maximum Gasteiger partial charge on any atom is 0.260 e. The van der Waals surface area contributed by atoms with E-state index in [0.29, 0.717) is 12.4 Å². The van der Waals surface area contributed by atoms with Gasteiger partial charge >= 0.3 is 0 Å². The van der Waals surface area contributed by atoms with Crippen LogP contribution in [0.1, 0.15) is 37.9 Å². The first-order valence-electron chi connectivity index (χ1n) is 6.63. The van der Waals surface area contributed by atoms with Crippen molar-refractivity contribution in [3.63, 3.8) is 0 Å². The quantitative estimate of drug-likeness (QED) is 0.863. The first-order chi connectivity index (χ1) is 8.92. The van der Waals surface area contributed by atoms with Crippen LogP contribution in [0.5, 0.6) is 0 Å². The Balaban J connectivity index is 2.33. The Hall–Kier alpha value is -0.920. The number of hydrogen-bond acceptors (Lipinski definition) is 4. The summed E-state index contributed by atoms with van der Waals surface area (Å²) in [6, 6.07) is 0. The van der Waals surface area contributed by atoms with Gasteiger partial charge in [-0.05, 0) is 19.8 Å². The lowest BCUT2D eigenvalue weighted by Gasteiger charge is -2.42. The lowest BCUT2D eigenvalue weighted by Crippen LogP contribution is -2.55. The van der Waals surface area contributed by atoms with Crippen molar-refractivity contribution in [3.8, 4) is 0 Å². The van der Waals surface area contributed by atoms with Crippen LogP contribution >= 0.6 is 0 Å². The lowest BCUT2D eigenvalue weighted by molar-refractivity contribution is 0.159. The van der Waals surface area contributed by atoms with E-state index >= 15 is 0 Å². The van der Waals surface area contributed by atoms with Crippen molar-refractivity contribution >= 4 is 10.0 Å². The Morgan fingerprint density at radius 1 is 1.42 bits per heavy atom. The second kappa shape index (κ2) is 5.22. The average molecular weight is 286 g/mol. The van der Waals surface area contributed by atoms with Gasteiger partial charge in [-0.3, -0.25) is 0 Å². The summed E-state index contributed by atoms with van der Waals surface area (Å²) in [4.78, 5) is 6.76. The summed E-state index contributed by atoms with van der Waals surface area (Å²) in [6.45, 7) is 2.09. The van der Waals surface area contributed by atoms with Crippen molar-refractivity contribution < 1.29 is 8.42 Å². The molecule has 1 saturated carbocycles. The number of H-pyrrole nitrogens is 1. The molecule has 0 amide bonds. The minimum atomic E-state index is -3.55. The summed E-state index contributed by atoms with van der Waals surface area (Å²) in [5.41, 5.74) is 5.44. The summed E-state index contributed by atoms with van der Waals surface area (Å²) in [6.07, 6.45) is 6.23. The zero-order valence-corrected chi connectivity index (χ0v) is 12.3. The molecule has 0 spiro atoms. The molecule has 108 valence electrons. The molecule has 0 unspecified atom stereocenters. The molecule has 1 aromatic heterocycles. The first kappa shape index (κ1) is 14.5. The van der Waals surface area contributed by atoms with E-state index < -0.39 is 15.6 Å². The highest BCUT2D eigenvalue weighted by molar-refractivity contribution is 7.89. The number of nitrogens with two attached hydrogens (primary N) is 1. The van der Waals surface area contributed by atoms with E-state index in [4.69, 9.17) is 5.73 Å². The number of likely N-dealkylation sites (N-methyl/N-ethyl adjacent to an activating group) is 1. The van der Waals surface area contributed by atoms with Crippen LogP contribution in [0.25, 0.3) is 0 Å². The minimum Gasteiger partial charge on any atom is -0.332 e. The molecule has 1 fully saturated rings. The molecule has 19 heavy (non-hydrogen) atoms. The van der Waals surface area contributed by atoms with E-state index in [9.17, 15) is 8.42 Å². The number of sulfonamides is 1. The molecule has 1 aliphatic carbocycles. The van der Waals surface area contributed by atoms with Gasteiger partial charge in [0.1, 0.15) is 5.82 Å². The number of aromatic nitrogens is 2. The summed E-state index contributed by atoms with van der Waals surface area (Å²) in [5, 5.41) is 0.144. The lowest BCUT2D eigenvalue weighted by atomic mass is 9.82. The Morgan fingerprint density at radius 3 is 2.53 bits per heavy atom. The molecule has 2 rings (SSSR count). The van der Waals surface area contributed by atoms with Gasteiger partial charge < -0.3 is 10.7 Å². The van der Waals surface area contributed by atoms with E-state index in [1.165, 1.54) is 10.5 Å². The van der Waals surface area contributed by atoms with Gasteiger partial charge in [0.2, 0.25) is 0 Å². The Labute approximate surface area is 114 Å². The molecule has 0 atom stereocenters. The topological polar surface area (TPSA) is 92.1 Å². The summed E-state index contributed by atoms with van der Waals surface area (Å²) in [5.74, 6) is 0.595. The van der Waals surface area contributed by atoms with Crippen LogP contribution in [0.3, 0.4) is 0 Å². The number of nitrogens with zero attached hydrogens (tertiary/aromatic N) is 2. The molecular formula is C12H22N4O2S. The van der Waals surface area contributed by atoms with Crippen LogP contribution in [0.4, 0.5) is 0 Å². The maximum absolute atomic E-state index is 12.6. The van der Waals surface area contributed by atoms with Crippen molar-refractivity contribution in [1.82, 2.24) is 14.3 Å². The number of imidazole rings is 1. The van der Waals surface area contributed by atoms with Crippen molar-refractivity contribution in [2.75, 3.05) is 13.6 Å². The van der Waals surface area contributed by atoms with Gasteiger partial charge in [-0.25, -0.2) is 13.4 Å². The molecule has 1 heterocycles. The van der Waals surface area contributed by atoms with E-state index in [-0.39, 0.29) is 5.03 Å². The molecular weight excluding hydrogens is 264 g/mol. The molecule has 1 aliphatic rings. The Bertz CT molecular complexity index is 532. The molecule has 0 bridgehead atoms. The zero-order valence-electron chi connectivity index (χ0n) is 11.5. The molecule has 7 heteroatoms. The summed E-state index contributed by atoms with van der Waals surface area (Å²) in [7, 11) is -1.92. The second-order valence-corrected chi connectivity index (χ2v) is 7.23. The van der Waals surface area contributed by atoms with Gasteiger partial charge in [0.25, 0.3) is 10.0 Å². The Morgan fingerprint density at radius 2 is 2.05 bits per heavy atom. The molecule has 0 aromatic carbocycles. The van der Waals surface area contributed by atoms with Gasteiger partial charge in [-0.15, -0.1) is 0 Å². The van der Waals surface area contributed by atoms with Crippen molar-refractivity contribution in [2.24, 2.45) is 5.73 Å². The van der Waals surface area contributed by atoms with Gasteiger partial charge in [0.05, 0.1) is 6.20 Å². The SMILES string of the molecule is Cc1ncc(S(=O)(=O)N(C)C2(CN)CCCCC2)[nH]1. The van der Waals surface area contributed by atoms with E-state index in [1.807, 2.05) is 0 Å². The highest BCUT2D eigenvalue weighted by atomic mass is 32.2. The van der Waals surface area contributed by atoms with Gasteiger partial charge in [-0.2, -0.15) is 4.31 Å². The van der Waals surface area contributed by atoms with Crippen LogP contribution in [0, 0.1) is 6.92 Å². The van der Waals surface area contributed by atoms with Crippen molar-refractivity contribution in [1.29, 1.82) is 0 Å². The van der Waals surface area contributed by atoms with E-state index in [0.717, 1.165) is 32.1 Å². The number of hydrogen-bond donors (Lipinski definition) is 2. The summed E-state index contributed by atoms with van der Waals surface area (Å²) >= 11 is 0. The van der Waals surface area contributed by atoms with E-state index in [1.54, 1.807) is 14.0 Å². The van der Waals surface area contributed by atoms with Crippen molar-refractivity contribution in [3.05, 3.63) is 12.0 Å². The number of rotatable bonds is 4. The normalized spacial score (nSPS) is 19.8. The zero-order chi connectivity index (χ0) is 14.1. The monoisotopic (exact) mass is 286 g/mol.